The summed E-state index contributed by atoms with van der Waals surface area (Å²) in [7, 11) is -1.36. The van der Waals surface area contributed by atoms with Crippen LogP contribution in [0.1, 0.15) is 0 Å². The fourth-order valence-corrected chi connectivity index (χ4v) is 10.9. The molecule has 12 heavy (non-hydrogen) atoms. The van der Waals surface area contributed by atoms with Crippen LogP contribution in [0.4, 0.5) is 0 Å². The van der Waals surface area contributed by atoms with Crippen molar-refractivity contribution in [2.45, 2.75) is 0 Å². The first-order chi connectivity index (χ1) is 5.66. The molecule has 68 valence electrons. The van der Waals surface area contributed by atoms with Crippen LogP contribution in [0, 0.1) is 0 Å². The molecule has 1 aliphatic rings. The van der Waals surface area contributed by atoms with E-state index >= 15 is 0 Å². The van der Waals surface area contributed by atoms with E-state index in [1.807, 2.05) is 0 Å². The monoisotopic (exact) mass is 200 g/mol. The van der Waals surface area contributed by atoms with Crippen molar-refractivity contribution >= 4 is 20.1 Å². The van der Waals surface area contributed by atoms with Crippen LogP contribution in [0.2, 0.25) is 0 Å². The zero-order chi connectivity index (χ0) is 9.24. The largest absolute Gasteiger partial charge is 0.185 e. The van der Waals surface area contributed by atoms with Gasteiger partial charge in [-0.1, -0.05) is 26.3 Å². The van der Waals surface area contributed by atoms with Crippen molar-refractivity contribution in [3.05, 3.63) is 47.9 Å². The van der Waals surface area contributed by atoms with Crippen LogP contribution in [-0.2, 0) is 0 Å². The van der Waals surface area contributed by atoms with E-state index in [0.29, 0.717) is 0 Å². The van der Waals surface area contributed by atoms with Gasteiger partial charge in [0.05, 0.1) is 0 Å². The molecule has 0 bridgehead atoms. The number of rotatable bonds is 4. The molecule has 0 amide bonds. The quantitative estimate of drug-likeness (QED) is 0.641. The van der Waals surface area contributed by atoms with E-state index in [1.165, 1.54) is 10.2 Å². The lowest BCUT2D eigenvalue weighted by molar-refractivity contribution is 1.83. The van der Waals surface area contributed by atoms with Crippen molar-refractivity contribution < 1.29 is 0 Å². The zero-order valence-electron chi connectivity index (χ0n) is 7.37. The number of hydrogen-bond acceptors (Lipinski definition) is 0. The van der Waals surface area contributed by atoms with E-state index in [0.717, 1.165) is 0 Å². The molecule has 0 aromatic heterocycles. The second-order valence-electron chi connectivity index (χ2n) is 2.92. The first-order valence-electron chi connectivity index (χ1n) is 3.73. The van der Waals surface area contributed by atoms with Gasteiger partial charge in [0.2, 0.25) is 0 Å². The maximum atomic E-state index is 3.87. The van der Waals surface area contributed by atoms with Gasteiger partial charge in [-0.25, -0.2) is 0 Å². The van der Waals surface area contributed by atoms with Crippen LogP contribution < -0.4 is 0 Å². The summed E-state index contributed by atoms with van der Waals surface area (Å²) in [5.74, 6) is 0. The minimum atomic E-state index is -0.682. The molecule has 1 aliphatic heterocycles. The lowest BCUT2D eigenvalue weighted by Crippen LogP contribution is -2.23. The Morgan fingerprint density at radius 3 is 1.08 bits per heavy atom. The maximum Gasteiger partial charge on any atom is 0.0224 e. The third-order valence-electron chi connectivity index (χ3n) is 2.21. The Hall–Kier alpha value is -0.340. The average Bonchev–Trinajstić information content (AvgIpc) is 2.07. The third kappa shape index (κ3) is 1.29. The molecule has 0 nitrogen and oxygen atoms in total. The normalized spacial score (nSPS) is 28.7. The Morgan fingerprint density at radius 1 is 0.667 bits per heavy atom. The smallest absolute Gasteiger partial charge is 0.0224 e. The molecule has 2 heteroatoms. The van der Waals surface area contributed by atoms with Gasteiger partial charge >= 0.3 is 0 Å². The Kier molecular flexibility index (Phi) is 2.59. The van der Waals surface area contributed by atoms with E-state index in [2.05, 4.69) is 47.9 Å². The van der Waals surface area contributed by atoms with Gasteiger partial charge < -0.3 is 0 Å². The maximum absolute atomic E-state index is 3.87. The van der Waals surface area contributed by atoms with E-state index < -0.39 is 20.1 Å². The Labute approximate surface area is 78.4 Å². The van der Waals surface area contributed by atoms with Gasteiger partial charge in [-0.2, -0.15) is 20.1 Å². The Balaban J connectivity index is 2.77. The first kappa shape index (κ1) is 9.75. The predicted octanol–water partition coefficient (Wildman–Crippen LogP) is 4.10. The summed E-state index contributed by atoms with van der Waals surface area (Å²) in [4.78, 5) is 0. The average molecular weight is 200 g/mol. The van der Waals surface area contributed by atoms with Crippen molar-refractivity contribution in [1.29, 1.82) is 0 Å². The lowest BCUT2D eigenvalue weighted by Gasteiger charge is -2.58. The highest BCUT2D eigenvalue weighted by atomic mass is 32.4. The van der Waals surface area contributed by atoms with Crippen LogP contribution in [-0.4, -0.2) is 10.2 Å². The van der Waals surface area contributed by atoms with Crippen molar-refractivity contribution in [1.82, 2.24) is 0 Å². The molecule has 1 rings (SSSR count). The zero-order valence-corrected chi connectivity index (χ0v) is 9.00. The van der Waals surface area contributed by atoms with Crippen LogP contribution in [0.3, 0.4) is 0 Å². The number of hydrogen-bond donors (Lipinski definition) is 0. The lowest BCUT2D eigenvalue weighted by atomic mass is 11.2. The molecule has 0 N–H and O–H groups in total. The van der Waals surface area contributed by atoms with Crippen molar-refractivity contribution in [3.8, 4) is 0 Å². The van der Waals surface area contributed by atoms with Gasteiger partial charge in [-0.15, -0.1) is 0 Å². The van der Waals surface area contributed by atoms with Gasteiger partial charge in [-0.3, -0.25) is 0 Å². The highest BCUT2D eigenvalue weighted by molar-refractivity contribution is 8.67. The fraction of sp³-hybridized carbons (Fsp3) is 0.200. The molecule has 0 saturated carbocycles. The SMILES string of the molecule is C=CS1(C=C)CS(C=C)(C=C)C1. The van der Waals surface area contributed by atoms with Crippen molar-refractivity contribution in [2.24, 2.45) is 0 Å². The molecule has 0 aliphatic carbocycles. The van der Waals surface area contributed by atoms with Gasteiger partial charge in [0.25, 0.3) is 0 Å². The topological polar surface area (TPSA) is 0 Å². The van der Waals surface area contributed by atoms with Crippen LogP contribution in [0.15, 0.2) is 47.9 Å². The minimum absolute atomic E-state index is 0.682. The van der Waals surface area contributed by atoms with Gasteiger partial charge in [0.1, 0.15) is 0 Å². The Bertz CT molecular complexity index is 190. The molecular formula is C10H16S2. The molecule has 1 saturated heterocycles. The molecule has 1 fully saturated rings. The molecule has 1 heterocycles. The van der Waals surface area contributed by atoms with E-state index in [9.17, 15) is 0 Å². The highest BCUT2D eigenvalue weighted by Gasteiger charge is 2.40. The highest BCUT2D eigenvalue weighted by Crippen LogP contribution is 2.80. The molecule has 0 aromatic rings. The summed E-state index contributed by atoms with van der Waals surface area (Å²) in [5.41, 5.74) is 0. The predicted molar refractivity (Wildman–Crippen MR) is 65.7 cm³/mol. The summed E-state index contributed by atoms with van der Waals surface area (Å²) < 4.78 is 0. The third-order valence-corrected chi connectivity index (χ3v) is 11.9. The van der Waals surface area contributed by atoms with E-state index in [-0.39, 0.29) is 0 Å². The molecule has 0 unspecified atom stereocenters. The molecule has 0 atom stereocenters. The minimum Gasteiger partial charge on any atom is -0.185 e. The van der Waals surface area contributed by atoms with Crippen LogP contribution >= 0.6 is 20.1 Å². The molecule has 0 aromatic carbocycles. The van der Waals surface area contributed by atoms with Gasteiger partial charge in [-0.05, 0) is 21.6 Å². The molecule has 0 spiro atoms. The second kappa shape index (κ2) is 3.19. The van der Waals surface area contributed by atoms with E-state index in [4.69, 9.17) is 0 Å². The van der Waals surface area contributed by atoms with Gasteiger partial charge in [0.15, 0.2) is 0 Å². The summed E-state index contributed by atoms with van der Waals surface area (Å²) in [6, 6.07) is 0. The Morgan fingerprint density at radius 2 is 0.917 bits per heavy atom. The molecule has 0 radical (unpaired) electrons. The van der Waals surface area contributed by atoms with Crippen LogP contribution in [0.25, 0.3) is 0 Å². The second-order valence-corrected chi connectivity index (χ2v) is 10.2. The van der Waals surface area contributed by atoms with Gasteiger partial charge in [0, 0.05) is 10.2 Å². The van der Waals surface area contributed by atoms with Crippen molar-refractivity contribution in [3.63, 3.8) is 0 Å². The summed E-state index contributed by atoms with van der Waals surface area (Å²) >= 11 is 0. The summed E-state index contributed by atoms with van der Waals surface area (Å²) in [6.45, 7) is 15.5. The molecular weight excluding hydrogens is 184 g/mol. The van der Waals surface area contributed by atoms with Crippen LogP contribution in [0.5, 0.6) is 0 Å². The first-order valence-corrected chi connectivity index (χ1v) is 7.93. The fourth-order valence-electron chi connectivity index (χ4n) is 1.30. The van der Waals surface area contributed by atoms with E-state index in [1.54, 1.807) is 0 Å². The summed E-state index contributed by atoms with van der Waals surface area (Å²) in [6.07, 6.45) is 0. The summed E-state index contributed by atoms with van der Waals surface area (Å²) in [5, 5.41) is 10.7. The van der Waals surface area contributed by atoms with Crippen molar-refractivity contribution in [2.75, 3.05) is 10.2 Å². The standard InChI is InChI=1S/C10H16S2/c1-5-11(6-2)9-12(7-3,8-4)10-11/h5-8H,1-4,9-10H2.